The van der Waals surface area contributed by atoms with Gasteiger partial charge in [-0.1, -0.05) is 18.2 Å². The Hall–Kier alpha value is -2.25. The highest BCUT2D eigenvalue weighted by molar-refractivity contribution is 7.10. The topological polar surface area (TPSA) is 98.3 Å². The van der Waals surface area contributed by atoms with E-state index in [4.69, 9.17) is 5.73 Å². The largest absolute Gasteiger partial charge is 0.366 e. The van der Waals surface area contributed by atoms with Crippen LogP contribution in [0.2, 0.25) is 0 Å². The molecular weight excluding hydrogens is 278 g/mol. The number of nitrogens with zero attached hydrogens (tertiary/aromatic N) is 1. The molecule has 0 aliphatic rings. The molecule has 0 bridgehead atoms. The van der Waals surface area contributed by atoms with Crippen molar-refractivity contribution in [3.05, 3.63) is 61.8 Å². The highest BCUT2D eigenvalue weighted by Gasteiger charge is 2.11. The van der Waals surface area contributed by atoms with Crippen molar-refractivity contribution >= 4 is 22.9 Å². The lowest BCUT2D eigenvalue weighted by Crippen LogP contribution is -2.13. The van der Waals surface area contributed by atoms with Gasteiger partial charge < -0.3 is 11.1 Å². The molecule has 0 fully saturated rings. The highest BCUT2D eigenvalue weighted by Crippen LogP contribution is 2.18. The first-order valence-electron chi connectivity index (χ1n) is 5.88. The number of carbonyl (C=O) groups excluding carboxylic acids is 1. The van der Waals surface area contributed by atoms with Gasteiger partial charge in [0.15, 0.2) is 0 Å². The van der Waals surface area contributed by atoms with Crippen LogP contribution < -0.4 is 11.1 Å². The molecular formula is C13H13N3O3S. The number of carbonyl (C=O) groups is 1. The summed E-state index contributed by atoms with van der Waals surface area (Å²) in [6.07, 6.45) is 0. The van der Waals surface area contributed by atoms with Gasteiger partial charge in [-0.05, 0) is 6.07 Å². The number of hydrogen-bond acceptors (Lipinski definition) is 5. The molecule has 0 atom stereocenters. The molecule has 2 aromatic rings. The normalized spacial score (nSPS) is 10.4. The van der Waals surface area contributed by atoms with Crippen LogP contribution in [0.1, 0.15) is 20.8 Å². The molecule has 0 saturated carbocycles. The van der Waals surface area contributed by atoms with Gasteiger partial charge in [0.05, 0.1) is 10.5 Å². The third-order valence-corrected chi connectivity index (χ3v) is 3.68. The van der Waals surface area contributed by atoms with E-state index in [-0.39, 0.29) is 5.69 Å². The lowest BCUT2D eigenvalue weighted by molar-refractivity contribution is -0.385. The van der Waals surface area contributed by atoms with E-state index in [1.807, 2.05) is 0 Å². The third kappa shape index (κ3) is 3.40. The van der Waals surface area contributed by atoms with Crippen molar-refractivity contribution in [3.8, 4) is 0 Å². The zero-order valence-corrected chi connectivity index (χ0v) is 11.4. The van der Waals surface area contributed by atoms with Crippen molar-refractivity contribution in [3.63, 3.8) is 0 Å². The minimum Gasteiger partial charge on any atom is -0.366 e. The van der Waals surface area contributed by atoms with Crippen LogP contribution in [0.5, 0.6) is 0 Å². The van der Waals surface area contributed by atoms with Gasteiger partial charge in [0.1, 0.15) is 0 Å². The van der Waals surface area contributed by atoms with E-state index < -0.39 is 10.8 Å². The monoisotopic (exact) mass is 291 g/mol. The molecule has 104 valence electrons. The van der Waals surface area contributed by atoms with Crippen LogP contribution >= 0.6 is 11.3 Å². The fourth-order valence-electron chi connectivity index (χ4n) is 1.76. The average Bonchev–Trinajstić information content (AvgIpc) is 2.88. The molecule has 0 aliphatic carbocycles. The lowest BCUT2D eigenvalue weighted by Gasteiger charge is -2.04. The standard InChI is InChI=1S/C13H13N3O3S/c14-13(17)10-5-11(20-8-10)7-15-6-9-3-1-2-4-12(9)16(18)19/h1-5,8,15H,6-7H2,(H2,14,17). The number of nitro groups is 1. The summed E-state index contributed by atoms with van der Waals surface area (Å²) in [6.45, 7) is 0.922. The van der Waals surface area contributed by atoms with Gasteiger partial charge in [0, 0.05) is 35.0 Å². The smallest absolute Gasteiger partial charge is 0.273 e. The van der Waals surface area contributed by atoms with Crippen molar-refractivity contribution in [1.82, 2.24) is 5.32 Å². The number of nitrogens with two attached hydrogens (primary N) is 1. The Balaban J connectivity index is 1.96. The number of thiophene rings is 1. The van der Waals surface area contributed by atoms with Gasteiger partial charge in [-0.15, -0.1) is 11.3 Å². The number of benzene rings is 1. The van der Waals surface area contributed by atoms with Gasteiger partial charge in [-0.3, -0.25) is 14.9 Å². The average molecular weight is 291 g/mol. The second-order valence-corrected chi connectivity index (χ2v) is 5.15. The van der Waals surface area contributed by atoms with E-state index >= 15 is 0 Å². The van der Waals surface area contributed by atoms with Crippen molar-refractivity contribution in [1.29, 1.82) is 0 Å². The fraction of sp³-hybridized carbons (Fsp3) is 0.154. The number of amides is 1. The molecule has 7 heteroatoms. The summed E-state index contributed by atoms with van der Waals surface area (Å²) < 4.78 is 0. The van der Waals surface area contributed by atoms with Crippen LogP contribution in [-0.2, 0) is 13.1 Å². The van der Waals surface area contributed by atoms with Crippen LogP contribution in [0.4, 0.5) is 5.69 Å². The van der Waals surface area contributed by atoms with E-state index in [1.165, 1.54) is 17.4 Å². The van der Waals surface area contributed by atoms with E-state index in [2.05, 4.69) is 5.32 Å². The second-order valence-electron chi connectivity index (χ2n) is 4.16. The zero-order chi connectivity index (χ0) is 14.5. The Labute approximate surface area is 119 Å². The van der Waals surface area contributed by atoms with Crippen LogP contribution in [0.15, 0.2) is 35.7 Å². The summed E-state index contributed by atoms with van der Waals surface area (Å²) in [4.78, 5) is 22.4. The van der Waals surface area contributed by atoms with Crippen molar-refractivity contribution in [2.75, 3.05) is 0 Å². The van der Waals surface area contributed by atoms with Gasteiger partial charge >= 0.3 is 0 Å². The maximum Gasteiger partial charge on any atom is 0.273 e. The van der Waals surface area contributed by atoms with E-state index in [0.29, 0.717) is 24.2 Å². The number of nitrogens with one attached hydrogen (secondary N) is 1. The number of nitro benzene ring substituents is 1. The number of rotatable bonds is 6. The zero-order valence-electron chi connectivity index (χ0n) is 10.5. The summed E-state index contributed by atoms with van der Waals surface area (Å²) >= 11 is 1.43. The maximum atomic E-state index is 11.0. The Kier molecular flexibility index (Phi) is 4.44. The fourth-order valence-corrected chi connectivity index (χ4v) is 2.60. The number of hydrogen-bond donors (Lipinski definition) is 2. The summed E-state index contributed by atoms with van der Waals surface area (Å²) in [5.41, 5.74) is 6.39. The summed E-state index contributed by atoms with van der Waals surface area (Å²) in [6, 6.07) is 8.32. The SMILES string of the molecule is NC(=O)c1csc(CNCc2ccccc2[N+](=O)[O-])c1. The van der Waals surface area contributed by atoms with Crippen molar-refractivity contribution in [2.45, 2.75) is 13.1 Å². The van der Waals surface area contributed by atoms with Crippen molar-refractivity contribution < 1.29 is 9.72 Å². The molecule has 1 heterocycles. The molecule has 0 aliphatic heterocycles. The second kappa shape index (κ2) is 6.27. The maximum absolute atomic E-state index is 11.0. The predicted octanol–water partition coefficient (Wildman–Crippen LogP) is 2.04. The molecule has 3 N–H and O–H groups in total. The minimum absolute atomic E-state index is 0.101. The number of para-hydroxylation sites is 1. The van der Waals surface area contributed by atoms with E-state index in [0.717, 1.165) is 4.88 Å². The predicted molar refractivity (Wildman–Crippen MR) is 76.5 cm³/mol. The Bertz CT molecular complexity index is 639. The lowest BCUT2D eigenvalue weighted by atomic mass is 10.2. The molecule has 20 heavy (non-hydrogen) atoms. The van der Waals surface area contributed by atoms with Crippen LogP contribution in [0.3, 0.4) is 0 Å². The number of primary amides is 1. The summed E-state index contributed by atoms with van der Waals surface area (Å²) in [7, 11) is 0. The summed E-state index contributed by atoms with van der Waals surface area (Å²) in [5, 5.41) is 15.7. The molecule has 0 spiro atoms. The molecule has 0 radical (unpaired) electrons. The molecule has 0 unspecified atom stereocenters. The van der Waals surface area contributed by atoms with Gasteiger partial charge in [-0.25, -0.2) is 0 Å². The van der Waals surface area contributed by atoms with Gasteiger partial charge in [0.2, 0.25) is 5.91 Å². The molecule has 1 amide bonds. The van der Waals surface area contributed by atoms with Crippen molar-refractivity contribution in [2.24, 2.45) is 5.73 Å². The van der Waals surface area contributed by atoms with E-state index in [1.54, 1.807) is 29.6 Å². The molecule has 0 saturated heterocycles. The molecule has 6 nitrogen and oxygen atoms in total. The van der Waals surface area contributed by atoms with Crippen LogP contribution in [0, 0.1) is 10.1 Å². The summed E-state index contributed by atoms with van der Waals surface area (Å²) in [5.74, 6) is -0.453. The van der Waals surface area contributed by atoms with Crippen LogP contribution in [-0.4, -0.2) is 10.8 Å². The quantitative estimate of drug-likeness (QED) is 0.628. The third-order valence-electron chi connectivity index (χ3n) is 2.74. The Morgan fingerprint density at radius 2 is 2.10 bits per heavy atom. The van der Waals surface area contributed by atoms with Gasteiger partial charge in [0.25, 0.3) is 5.69 Å². The first kappa shape index (κ1) is 14.2. The highest BCUT2D eigenvalue weighted by atomic mass is 32.1. The minimum atomic E-state index is -0.453. The Morgan fingerprint density at radius 3 is 2.75 bits per heavy atom. The molecule has 1 aromatic heterocycles. The Morgan fingerprint density at radius 1 is 1.35 bits per heavy atom. The van der Waals surface area contributed by atoms with E-state index in [9.17, 15) is 14.9 Å². The van der Waals surface area contributed by atoms with Crippen LogP contribution in [0.25, 0.3) is 0 Å². The first-order chi connectivity index (χ1) is 9.58. The molecule has 2 rings (SSSR count). The molecule has 1 aromatic carbocycles. The first-order valence-corrected chi connectivity index (χ1v) is 6.76. The van der Waals surface area contributed by atoms with Gasteiger partial charge in [-0.2, -0.15) is 0 Å².